The number of nitrogens with zero attached hydrogens (tertiary/aromatic N) is 3. The Hall–Kier alpha value is -1.55. The second-order valence-corrected chi connectivity index (χ2v) is 4.19. The minimum Gasteiger partial charge on any atom is -0.382 e. The summed E-state index contributed by atoms with van der Waals surface area (Å²) in [6.45, 7) is 0. The number of benzene rings is 1. The van der Waals surface area contributed by atoms with E-state index < -0.39 is 0 Å². The number of anilines is 1. The SMILES string of the molecule is N#Cc1cnn(-c2cccc(I)c2)c1N. The van der Waals surface area contributed by atoms with Crippen LogP contribution >= 0.6 is 22.6 Å². The molecule has 0 saturated heterocycles. The molecule has 2 aromatic rings. The quantitative estimate of drug-likeness (QED) is 0.818. The Morgan fingerprint density at radius 3 is 2.87 bits per heavy atom. The molecule has 0 bridgehead atoms. The zero-order chi connectivity index (χ0) is 10.8. The topological polar surface area (TPSA) is 67.6 Å². The van der Waals surface area contributed by atoms with E-state index in [4.69, 9.17) is 11.0 Å². The summed E-state index contributed by atoms with van der Waals surface area (Å²) in [6.07, 6.45) is 1.47. The van der Waals surface area contributed by atoms with Gasteiger partial charge >= 0.3 is 0 Å². The number of rotatable bonds is 1. The molecule has 0 saturated carbocycles. The molecule has 15 heavy (non-hydrogen) atoms. The number of nitrogen functional groups attached to an aromatic ring is 1. The average Bonchev–Trinajstić information content (AvgIpc) is 2.59. The smallest absolute Gasteiger partial charge is 0.145 e. The average molecular weight is 310 g/mol. The minimum atomic E-state index is 0.375. The number of halogens is 1. The van der Waals surface area contributed by atoms with Crippen molar-refractivity contribution in [2.45, 2.75) is 0 Å². The highest BCUT2D eigenvalue weighted by Gasteiger charge is 2.07. The maximum absolute atomic E-state index is 8.75. The molecule has 0 amide bonds. The Kier molecular flexibility index (Phi) is 2.60. The van der Waals surface area contributed by atoms with Crippen molar-refractivity contribution < 1.29 is 0 Å². The number of hydrogen-bond acceptors (Lipinski definition) is 3. The first kappa shape index (κ1) is 9.98. The summed E-state index contributed by atoms with van der Waals surface area (Å²) < 4.78 is 2.65. The molecule has 0 radical (unpaired) electrons. The van der Waals surface area contributed by atoms with E-state index in [0.717, 1.165) is 9.26 Å². The standard InChI is InChI=1S/C10H7IN4/c11-8-2-1-3-9(4-8)15-10(13)7(5-12)6-14-15/h1-4,6H,13H2. The van der Waals surface area contributed by atoms with Crippen molar-refractivity contribution in [3.63, 3.8) is 0 Å². The van der Waals surface area contributed by atoms with E-state index in [9.17, 15) is 0 Å². The summed E-state index contributed by atoms with van der Waals surface area (Å²) in [6, 6.07) is 9.74. The lowest BCUT2D eigenvalue weighted by atomic mass is 10.3. The molecule has 74 valence electrons. The highest BCUT2D eigenvalue weighted by molar-refractivity contribution is 14.1. The van der Waals surface area contributed by atoms with E-state index >= 15 is 0 Å². The summed E-state index contributed by atoms with van der Waals surface area (Å²) >= 11 is 2.21. The van der Waals surface area contributed by atoms with E-state index in [2.05, 4.69) is 27.7 Å². The first-order chi connectivity index (χ1) is 7.22. The summed E-state index contributed by atoms with van der Waals surface area (Å²) in [5.74, 6) is 0.375. The Morgan fingerprint density at radius 2 is 2.27 bits per heavy atom. The number of nitriles is 1. The number of hydrogen-bond donors (Lipinski definition) is 1. The molecule has 0 spiro atoms. The molecule has 1 aromatic carbocycles. The van der Waals surface area contributed by atoms with E-state index in [1.54, 1.807) is 4.68 Å². The van der Waals surface area contributed by atoms with Gasteiger partial charge in [-0.15, -0.1) is 0 Å². The third-order valence-electron chi connectivity index (χ3n) is 1.98. The van der Waals surface area contributed by atoms with Gasteiger partial charge in [0.1, 0.15) is 17.5 Å². The van der Waals surface area contributed by atoms with Crippen LogP contribution in [0.4, 0.5) is 5.82 Å². The monoisotopic (exact) mass is 310 g/mol. The third kappa shape index (κ3) is 1.80. The molecule has 5 heteroatoms. The molecule has 0 unspecified atom stereocenters. The van der Waals surface area contributed by atoms with Crippen molar-refractivity contribution in [1.29, 1.82) is 5.26 Å². The molecular formula is C10H7IN4. The highest BCUT2D eigenvalue weighted by atomic mass is 127. The highest BCUT2D eigenvalue weighted by Crippen LogP contribution is 2.17. The lowest BCUT2D eigenvalue weighted by Crippen LogP contribution is -2.02. The molecule has 1 aromatic heterocycles. The van der Waals surface area contributed by atoms with Crippen LogP contribution in [0, 0.1) is 14.9 Å². The Bertz CT molecular complexity index is 539. The Balaban J connectivity index is 2.56. The maximum atomic E-state index is 8.75. The zero-order valence-corrected chi connectivity index (χ0v) is 9.84. The van der Waals surface area contributed by atoms with Gasteiger partial charge in [-0.2, -0.15) is 10.4 Å². The molecule has 2 N–H and O–H groups in total. The van der Waals surface area contributed by atoms with Crippen molar-refractivity contribution in [2.75, 3.05) is 5.73 Å². The summed E-state index contributed by atoms with van der Waals surface area (Å²) in [4.78, 5) is 0. The van der Waals surface area contributed by atoms with Crippen molar-refractivity contribution in [2.24, 2.45) is 0 Å². The van der Waals surface area contributed by atoms with Gasteiger partial charge in [-0.3, -0.25) is 0 Å². The third-order valence-corrected chi connectivity index (χ3v) is 2.65. The number of aromatic nitrogens is 2. The maximum Gasteiger partial charge on any atom is 0.145 e. The minimum absolute atomic E-state index is 0.375. The first-order valence-corrected chi connectivity index (χ1v) is 5.30. The summed E-state index contributed by atoms with van der Waals surface area (Å²) in [7, 11) is 0. The van der Waals surface area contributed by atoms with E-state index in [1.807, 2.05) is 30.3 Å². The van der Waals surface area contributed by atoms with Crippen LogP contribution < -0.4 is 5.73 Å². The summed E-state index contributed by atoms with van der Waals surface area (Å²) in [5.41, 5.74) is 7.03. The van der Waals surface area contributed by atoms with Gasteiger partial charge < -0.3 is 5.73 Å². The van der Waals surface area contributed by atoms with Gasteiger partial charge in [0, 0.05) is 3.57 Å². The van der Waals surface area contributed by atoms with Crippen LogP contribution in [0.2, 0.25) is 0 Å². The molecule has 0 aliphatic heterocycles. The molecule has 0 atom stereocenters. The van der Waals surface area contributed by atoms with Crippen LogP contribution in [0.15, 0.2) is 30.5 Å². The molecule has 4 nitrogen and oxygen atoms in total. The van der Waals surface area contributed by atoms with Crippen molar-refractivity contribution in [1.82, 2.24) is 9.78 Å². The fourth-order valence-electron chi connectivity index (χ4n) is 1.26. The Labute approximate surface area is 100 Å². The molecule has 1 heterocycles. The van der Waals surface area contributed by atoms with Crippen molar-refractivity contribution in [3.8, 4) is 11.8 Å². The van der Waals surface area contributed by atoms with Crippen LogP contribution in [0.25, 0.3) is 5.69 Å². The van der Waals surface area contributed by atoms with Gasteiger partial charge in [0.2, 0.25) is 0 Å². The molecule has 0 aliphatic rings. The Morgan fingerprint density at radius 1 is 1.47 bits per heavy atom. The fraction of sp³-hybridized carbons (Fsp3) is 0. The van der Waals surface area contributed by atoms with Crippen LogP contribution in [0.3, 0.4) is 0 Å². The van der Waals surface area contributed by atoms with E-state index in [1.165, 1.54) is 6.20 Å². The van der Waals surface area contributed by atoms with E-state index in [-0.39, 0.29) is 0 Å². The first-order valence-electron chi connectivity index (χ1n) is 4.22. The van der Waals surface area contributed by atoms with Gasteiger partial charge in [-0.05, 0) is 40.8 Å². The molecular weight excluding hydrogens is 303 g/mol. The largest absolute Gasteiger partial charge is 0.382 e. The lowest BCUT2D eigenvalue weighted by Gasteiger charge is -2.03. The van der Waals surface area contributed by atoms with Crippen LogP contribution in [-0.2, 0) is 0 Å². The predicted octanol–water partition coefficient (Wildman–Crippen LogP) is 1.93. The molecule has 0 aliphatic carbocycles. The van der Waals surface area contributed by atoms with Crippen LogP contribution in [0.1, 0.15) is 5.56 Å². The van der Waals surface area contributed by atoms with Gasteiger partial charge in [0.15, 0.2) is 0 Å². The van der Waals surface area contributed by atoms with Crippen LogP contribution in [-0.4, -0.2) is 9.78 Å². The lowest BCUT2D eigenvalue weighted by molar-refractivity contribution is 0.890. The van der Waals surface area contributed by atoms with E-state index in [0.29, 0.717) is 11.4 Å². The normalized spacial score (nSPS) is 9.87. The van der Waals surface area contributed by atoms with Gasteiger partial charge in [0.05, 0.1) is 11.9 Å². The fourth-order valence-corrected chi connectivity index (χ4v) is 1.78. The van der Waals surface area contributed by atoms with Crippen molar-refractivity contribution in [3.05, 3.63) is 39.6 Å². The van der Waals surface area contributed by atoms with Crippen LogP contribution in [0.5, 0.6) is 0 Å². The number of nitrogens with two attached hydrogens (primary N) is 1. The zero-order valence-electron chi connectivity index (χ0n) is 7.68. The van der Waals surface area contributed by atoms with Crippen molar-refractivity contribution >= 4 is 28.4 Å². The summed E-state index contributed by atoms with van der Waals surface area (Å²) in [5, 5.41) is 12.8. The van der Waals surface area contributed by atoms with Gasteiger partial charge in [0.25, 0.3) is 0 Å². The van der Waals surface area contributed by atoms with Gasteiger partial charge in [-0.1, -0.05) is 6.07 Å². The molecule has 0 fully saturated rings. The second kappa shape index (κ2) is 3.90. The van der Waals surface area contributed by atoms with Gasteiger partial charge in [-0.25, -0.2) is 4.68 Å². The second-order valence-electron chi connectivity index (χ2n) is 2.95. The predicted molar refractivity (Wildman–Crippen MR) is 65.4 cm³/mol. The molecule has 2 rings (SSSR count).